The van der Waals surface area contributed by atoms with Gasteiger partial charge in [-0.3, -0.25) is 14.9 Å². The van der Waals surface area contributed by atoms with Crippen molar-refractivity contribution < 1.29 is 27.6 Å². The SMILES string of the molecule is O=C(COc1ccccc1[N+](=O)[O-])Nc1c(Cl)cccc1C(F)(F)F. The second-order valence-electron chi connectivity index (χ2n) is 4.72. The molecule has 0 saturated carbocycles. The molecule has 1 amide bonds. The fraction of sp³-hybridized carbons (Fsp3) is 0.133. The molecule has 1 N–H and O–H groups in total. The lowest BCUT2D eigenvalue weighted by atomic mass is 10.1. The molecule has 0 unspecified atom stereocenters. The van der Waals surface area contributed by atoms with Crippen LogP contribution in [0.5, 0.6) is 5.75 Å². The third-order valence-corrected chi connectivity index (χ3v) is 3.32. The number of benzene rings is 2. The summed E-state index contributed by atoms with van der Waals surface area (Å²) in [5.74, 6) is -1.13. The van der Waals surface area contributed by atoms with Gasteiger partial charge in [0.1, 0.15) is 0 Å². The standard InChI is InChI=1S/C15H10ClF3N2O4/c16-10-5-3-4-9(15(17,18)19)14(10)20-13(22)8-25-12-7-2-1-6-11(12)21(23)24/h1-7H,8H2,(H,20,22). The Balaban J connectivity index is 2.14. The Hall–Kier alpha value is -2.81. The number of nitro benzene ring substituents is 1. The Morgan fingerprint density at radius 1 is 1.20 bits per heavy atom. The van der Waals surface area contributed by atoms with Crippen LogP contribution in [-0.4, -0.2) is 17.4 Å². The van der Waals surface area contributed by atoms with Crippen LogP contribution in [-0.2, 0) is 11.0 Å². The molecule has 0 spiro atoms. The molecule has 0 radical (unpaired) electrons. The van der Waals surface area contributed by atoms with Crippen molar-refractivity contribution in [2.45, 2.75) is 6.18 Å². The summed E-state index contributed by atoms with van der Waals surface area (Å²) >= 11 is 5.72. The smallest absolute Gasteiger partial charge is 0.418 e. The molecule has 0 bridgehead atoms. The molecule has 10 heteroatoms. The van der Waals surface area contributed by atoms with Crippen LogP contribution in [0.2, 0.25) is 5.02 Å². The van der Waals surface area contributed by atoms with Crippen LogP contribution in [0.15, 0.2) is 42.5 Å². The maximum absolute atomic E-state index is 13.0. The quantitative estimate of drug-likeness (QED) is 0.625. The van der Waals surface area contributed by atoms with E-state index in [-0.39, 0.29) is 16.5 Å². The van der Waals surface area contributed by atoms with Crippen molar-refractivity contribution in [3.8, 4) is 5.75 Å². The molecule has 2 aromatic carbocycles. The highest BCUT2D eigenvalue weighted by atomic mass is 35.5. The zero-order chi connectivity index (χ0) is 18.6. The van der Waals surface area contributed by atoms with Crippen LogP contribution >= 0.6 is 11.6 Å². The highest BCUT2D eigenvalue weighted by Crippen LogP contribution is 2.38. The van der Waals surface area contributed by atoms with Gasteiger partial charge in [-0.25, -0.2) is 0 Å². The maximum atomic E-state index is 13.0. The molecule has 6 nitrogen and oxygen atoms in total. The Morgan fingerprint density at radius 2 is 1.88 bits per heavy atom. The number of hydrogen-bond acceptors (Lipinski definition) is 4. The lowest BCUT2D eigenvalue weighted by molar-refractivity contribution is -0.385. The molecule has 0 aliphatic heterocycles. The van der Waals surface area contributed by atoms with Crippen LogP contribution in [0.25, 0.3) is 0 Å². The summed E-state index contributed by atoms with van der Waals surface area (Å²) in [5, 5.41) is 12.6. The molecule has 0 fully saturated rings. The van der Waals surface area contributed by atoms with Crippen LogP contribution in [0.3, 0.4) is 0 Å². The van der Waals surface area contributed by atoms with E-state index >= 15 is 0 Å². The first kappa shape index (κ1) is 18.5. The Kier molecular flexibility index (Phi) is 5.48. The Bertz CT molecular complexity index is 812. The first-order valence-electron chi connectivity index (χ1n) is 6.72. The van der Waals surface area contributed by atoms with Crippen molar-refractivity contribution in [2.24, 2.45) is 0 Å². The topological polar surface area (TPSA) is 81.5 Å². The number of para-hydroxylation sites is 3. The normalized spacial score (nSPS) is 11.0. The number of carbonyl (C=O) groups is 1. The monoisotopic (exact) mass is 374 g/mol. The van der Waals surface area contributed by atoms with E-state index < -0.39 is 34.9 Å². The largest absolute Gasteiger partial charge is 0.477 e. The number of nitro groups is 1. The second-order valence-corrected chi connectivity index (χ2v) is 5.13. The van der Waals surface area contributed by atoms with E-state index in [1.165, 1.54) is 30.3 Å². The molecule has 0 aliphatic rings. The summed E-state index contributed by atoms with van der Waals surface area (Å²) in [6, 6.07) is 8.36. The van der Waals surface area contributed by atoms with E-state index in [9.17, 15) is 28.1 Å². The summed E-state index contributed by atoms with van der Waals surface area (Å²) in [4.78, 5) is 22.0. The zero-order valence-electron chi connectivity index (χ0n) is 12.3. The van der Waals surface area contributed by atoms with E-state index in [4.69, 9.17) is 16.3 Å². The first-order chi connectivity index (χ1) is 11.7. The van der Waals surface area contributed by atoms with E-state index in [0.29, 0.717) is 0 Å². The highest BCUT2D eigenvalue weighted by Gasteiger charge is 2.34. The number of halogens is 4. The van der Waals surface area contributed by atoms with Gasteiger partial charge >= 0.3 is 11.9 Å². The summed E-state index contributed by atoms with van der Waals surface area (Å²) in [6.07, 6.45) is -4.72. The molecule has 2 rings (SSSR count). The molecule has 0 atom stereocenters. The minimum atomic E-state index is -4.72. The average molecular weight is 375 g/mol. The number of carbonyl (C=O) groups excluding carboxylic acids is 1. The van der Waals surface area contributed by atoms with E-state index in [0.717, 1.165) is 12.1 Å². The number of hydrogen-bond donors (Lipinski definition) is 1. The number of nitrogens with zero attached hydrogens (tertiary/aromatic N) is 1. The predicted octanol–water partition coefficient (Wildman–Crippen LogP) is 4.28. The molecule has 0 aliphatic carbocycles. The van der Waals surface area contributed by atoms with Crippen molar-refractivity contribution in [3.05, 3.63) is 63.2 Å². The molecule has 132 valence electrons. The summed E-state index contributed by atoms with van der Waals surface area (Å²) in [7, 11) is 0. The first-order valence-corrected chi connectivity index (χ1v) is 7.09. The minimum absolute atomic E-state index is 0.183. The number of nitrogens with one attached hydrogen (secondary N) is 1. The molecular weight excluding hydrogens is 365 g/mol. The number of alkyl halides is 3. The lowest BCUT2D eigenvalue weighted by Gasteiger charge is -2.15. The molecule has 0 aromatic heterocycles. The van der Waals surface area contributed by atoms with Gasteiger partial charge in [0.05, 0.1) is 21.2 Å². The molecule has 0 heterocycles. The van der Waals surface area contributed by atoms with Gasteiger partial charge < -0.3 is 10.1 Å². The van der Waals surface area contributed by atoms with Gasteiger partial charge in [0, 0.05) is 6.07 Å². The fourth-order valence-electron chi connectivity index (χ4n) is 1.94. The second kappa shape index (κ2) is 7.39. The Labute approximate surface area is 144 Å². The number of amides is 1. The highest BCUT2D eigenvalue weighted by molar-refractivity contribution is 6.34. The van der Waals surface area contributed by atoms with Gasteiger partial charge in [0.2, 0.25) is 0 Å². The molecular formula is C15H10ClF3N2O4. The van der Waals surface area contributed by atoms with Crippen LogP contribution in [0, 0.1) is 10.1 Å². The summed E-state index contributed by atoms with van der Waals surface area (Å²) < 4.78 is 43.9. The molecule has 0 saturated heterocycles. The van der Waals surface area contributed by atoms with Crippen molar-refractivity contribution >= 4 is 28.9 Å². The lowest BCUT2D eigenvalue weighted by Crippen LogP contribution is -2.22. The number of rotatable bonds is 5. The minimum Gasteiger partial charge on any atom is -0.477 e. The summed E-state index contributed by atoms with van der Waals surface area (Å²) in [6.45, 7) is -0.729. The zero-order valence-corrected chi connectivity index (χ0v) is 13.1. The number of anilines is 1. The van der Waals surface area contributed by atoms with Gasteiger partial charge in [-0.1, -0.05) is 29.8 Å². The average Bonchev–Trinajstić information content (AvgIpc) is 2.54. The number of ether oxygens (including phenoxy) is 1. The van der Waals surface area contributed by atoms with Gasteiger partial charge in [0.15, 0.2) is 12.4 Å². The van der Waals surface area contributed by atoms with Gasteiger partial charge in [-0.05, 0) is 18.2 Å². The van der Waals surface area contributed by atoms with Crippen molar-refractivity contribution in [1.82, 2.24) is 0 Å². The van der Waals surface area contributed by atoms with Gasteiger partial charge in [-0.2, -0.15) is 13.2 Å². The van der Waals surface area contributed by atoms with Crippen LogP contribution < -0.4 is 10.1 Å². The third kappa shape index (κ3) is 4.60. The molecule has 25 heavy (non-hydrogen) atoms. The van der Waals surface area contributed by atoms with E-state index in [1.807, 2.05) is 5.32 Å². The van der Waals surface area contributed by atoms with E-state index in [1.54, 1.807) is 0 Å². The molecule has 2 aromatic rings. The van der Waals surface area contributed by atoms with Gasteiger partial charge in [0.25, 0.3) is 5.91 Å². The third-order valence-electron chi connectivity index (χ3n) is 3.00. The summed E-state index contributed by atoms with van der Waals surface area (Å²) in [5.41, 5.74) is -2.09. The predicted molar refractivity (Wildman–Crippen MR) is 83.7 cm³/mol. The van der Waals surface area contributed by atoms with Crippen molar-refractivity contribution in [1.29, 1.82) is 0 Å². The van der Waals surface area contributed by atoms with Crippen molar-refractivity contribution in [2.75, 3.05) is 11.9 Å². The van der Waals surface area contributed by atoms with Crippen LogP contribution in [0.1, 0.15) is 5.56 Å². The maximum Gasteiger partial charge on any atom is 0.418 e. The Morgan fingerprint density at radius 3 is 2.52 bits per heavy atom. The fourth-order valence-corrected chi connectivity index (χ4v) is 2.16. The van der Waals surface area contributed by atoms with Crippen molar-refractivity contribution in [3.63, 3.8) is 0 Å². The van der Waals surface area contributed by atoms with E-state index in [2.05, 4.69) is 0 Å². The van der Waals surface area contributed by atoms with Crippen LogP contribution in [0.4, 0.5) is 24.5 Å². The van der Waals surface area contributed by atoms with Gasteiger partial charge in [-0.15, -0.1) is 0 Å².